The third-order valence-electron chi connectivity index (χ3n) is 3.79. The van der Waals surface area contributed by atoms with Crippen molar-refractivity contribution in [2.75, 3.05) is 20.8 Å². The Morgan fingerprint density at radius 3 is 2.42 bits per heavy atom. The second-order valence-corrected chi connectivity index (χ2v) is 6.74. The molecule has 2 rings (SSSR count). The lowest BCUT2D eigenvalue weighted by atomic mass is 10.2. The molecule has 2 aromatic rings. The molecular formula is C19H21BrClNO4. The van der Waals surface area contributed by atoms with E-state index in [2.05, 4.69) is 28.2 Å². The minimum atomic E-state index is -0.248. The quantitative estimate of drug-likeness (QED) is 0.659. The molecule has 0 fully saturated rings. The van der Waals surface area contributed by atoms with E-state index in [1.807, 2.05) is 18.2 Å². The predicted octanol–water partition coefficient (Wildman–Crippen LogP) is 4.38. The highest BCUT2D eigenvalue weighted by Crippen LogP contribution is 2.33. The number of aryl methyl sites for hydroxylation is 1. The van der Waals surface area contributed by atoms with Crippen molar-refractivity contribution in [1.29, 1.82) is 0 Å². The van der Waals surface area contributed by atoms with Crippen molar-refractivity contribution in [3.63, 3.8) is 0 Å². The summed E-state index contributed by atoms with van der Waals surface area (Å²) in [5.74, 6) is 1.47. The van der Waals surface area contributed by atoms with Gasteiger partial charge in [0.05, 0.1) is 18.7 Å². The first-order chi connectivity index (χ1) is 12.5. The Morgan fingerprint density at radius 1 is 1.12 bits per heavy atom. The molecule has 0 atom stereocenters. The van der Waals surface area contributed by atoms with Gasteiger partial charge in [-0.25, -0.2) is 0 Å². The van der Waals surface area contributed by atoms with Crippen LogP contribution < -0.4 is 19.5 Å². The molecule has 0 unspecified atom stereocenters. The Morgan fingerprint density at radius 2 is 1.81 bits per heavy atom. The molecule has 0 spiro atoms. The van der Waals surface area contributed by atoms with Crippen LogP contribution >= 0.6 is 27.5 Å². The second-order valence-electron chi connectivity index (χ2n) is 5.48. The van der Waals surface area contributed by atoms with Crippen molar-refractivity contribution in [3.8, 4) is 17.2 Å². The third-order valence-corrected chi connectivity index (χ3v) is 4.76. The van der Waals surface area contributed by atoms with Gasteiger partial charge in [-0.2, -0.15) is 0 Å². The Bertz CT molecular complexity index is 782. The monoisotopic (exact) mass is 441 g/mol. The summed E-state index contributed by atoms with van der Waals surface area (Å²) in [5, 5.41) is 3.27. The number of benzene rings is 2. The molecule has 0 heterocycles. The molecule has 0 aromatic heterocycles. The van der Waals surface area contributed by atoms with Crippen molar-refractivity contribution in [2.24, 2.45) is 0 Å². The molecular weight excluding hydrogens is 422 g/mol. The number of halogens is 2. The number of methoxy groups -OCH3 is 2. The summed E-state index contributed by atoms with van der Waals surface area (Å²) in [7, 11) is 3.09. The molecule has 140 valence electrons. The molecule has 1 amide bonds. The van der Waals surface area contributed by atoms with Crippen LogP contribution in [0.4, 0.5) is 0 Å². The van der Waals surface area contributed by atoms with Crippen molar-refractivity contribution < 1.29 is 19.0 Å². The standard InChI is InChI=1S/C19H21BrClNO4/c1-4-12-5-6-16(14(20)7-12)26-11-19(23)22-10-13-8-17(24-2)18(25-3)9-15(13)21/h5-9H,4,10-11H2,1-3H3,(H,22,23). The number of carbonyl (C=O) groups excluding carboxylic acids is 1. The minimum Gasteiger partial charge on any atom is -0.493 e. The number of ether oxygens (including phenoxy) is 3. The smallest absolute Gasteiger partial charge is 0.258 e. The highest BCUT2D eigenvalue weighted by Gasteiger charge is 2.12. The van der Waals surface area contributed by atoms with Crippen LogP contribution in [0, 0.1) is 0 Å². The summed E-state index contributed by atoms with van der Waals surface area (Å²) < 4.78 is 16.8. The highest BCUT2D eigenvalue weighted by molar-refractivity contribution is 9.10. The van der Waals surface area contributed by atoms with Crippen LogP contribution in [0.2, 0.25) is 5.02 Å². The normalized spacial score (nSPS) is 10.3. The van der Waals surface area contributed by atoms with Gasteiger partial charge in [0.25, 0.3) is 5.91 Å². The van der Waals surface area contributed by atoms with Crippen LogP contribution in [-0.4, -0.2) is 26.7 Å². The van der Waals surface area contributed by atoms with Gasteiger partial charge in [-0.15, -0.1) is 0 Å². The molecule has 0 aliphatic rings. The lowest BCUT2D eigenvalue weighted by Crippen LogP contribution is -2.28. The Labute approximate surface area is 166 Å². The van der Waals surface area contributed by atoms with Crippen LogP contribution in [0.15, 0.2) is 34.8 Å². The van der Waals surface area contributed by atoms with Gasteiger partial charge in [-0.1, -0.05) is 24.6 Å². The van der Waals surface area contributed by atoms with Gasteiger partial charge in [0.15, 0.2) is 18.1 Å². The van der Waals surface area contributed by atoms with E-state index in [4.69, 9.17) is 25.8 Å². The van der Waals surface area contributed by atoms with Gasteiger partial charge < -0.3 is 19.5 Å². The number of hydrogen-bond acceptors (Lipinski definition) is 4. The van der Waals surface area contributed by atoms with Gasteiger partial charge in [-0.05, 0) is 51.7 Å². The summed E-state index contributed by atoms with van der Waals surface area (Å²) in [6.07, 6.45) is 0.936. The summed E-state index contributed by atoms with van der Waals surface area (Å²) in [6, 6.07) is 9.20. The molecule has 0 saturated heterocycles. The maximum atomic E-state index is 12.1. The molecule has 1 N–H and O–H groups in total. The first-order valence-electron chi connectivity index (χ1n) is 8.06. The molecule has 0 aliphatic heterocycles. The van der Waals surface area contributed by atoms with Gasteiger partial charge in [0.2, 0.25) is 0 Å². The lowest BCUT2D eigenvalue weighted by Gasteiger charge is -2.13. The Kier molecular flexibility index (Phi) is 7.60. The van der Waals surface area contributed by atoms with Crippen LogP contribution in [-0.2, 0) is 17.8 Å². The number of hydrogen-bond donors (Lipinski definition) is 1. The van der Waals surface area contributed by atoms with Gasteiger partial charge >= 0.3 is 0 Å². The fraction of sp³-hybridized carbons (Fsp3) is 0.316. The van der Waals surface area contributed by atoms with Crippen LogP contribution in [0.1, 0.15) is 18.1 Å². The molecule has 0 saturated carbocycles. The molecule has 0 radical (unpaired) electrons. The van der Waals surface area contributed by atoms with E-state index < -0.39 is 0 Å². The molecule has 7 heteroatoms. The Balaban J connectivity index is 1.93. The topological polar surface area (TPSA) is 56.8 Å². The zero-order valence-corrected chi connectivity index (χ0v) is 17.2. The summed E-state index contributed by atoms with van der Waals surface area (Å²) in [4.78, 5) is 12.1. The van der Waals surface area contributed by atoms with E-state index in [1.165, 1.54) is 12.7 Å². The predicted molar refractivity (Wildman–Crippen MR) is 105 cm³/mol. The fourth-order valence-electron chi connectivity index (χ4n) is 2.30. The van der Waals surface area contributed by atoms with Gasteiger partial charge in [0, 0.05) is 17.6 Å². The first kappa shape index (κ1) is 20.4. The van der Waals surface area contributed by atoms with Crippen LogP contribution in [0.25, 0.3) is 0 Å². The van der Waals surface area contributed by atoms with Crippen molar-refractivity contribution in [1.82, 2.24) is 5.32 Å². The Hall–Kier alpha value is -1.92. The summed E-state index contributed by atoms with van der Waals surface area (Å²) >= 11 is 9.67. The first-order valence-corrected chi connectivity index (χ1v) is 9.23. The second kappa shape index (κ2) is 9.69. The zero-order chi connectivity index (χ0) is 19.1. The fourth-order valence-corrected chi connectivity index (χ4v) is 3.06. The molecule has 2 aromatic carbocycles. The molecule has 0 aliphatic carbocycles. The summed E-state index contributed by atoms with van der Waals surface area (Å²) in [6.45, 7) is 2.25. The number of carbonyl (C=O) groups is 1. The van der Waals surface area contributed by atoms with E-state index in [-0.39, 0.29) is 19.1 Å². The van der Waals surface area contributed by atoms with E-state index in [0.29, 0.717) is 22.3 Å². The molecule has 0 bridgehead atoms. The van der Waals surface area contributed by atoms with Crippen LogP contribution in [0.3, 0.4) is 0 Å². The van der Waals surface area contributed by atoms with E-state index in [1.54, 1.807) is 19.2 Å². The number of rotatable bonds is 8. The molecule has 5 nitrogen and oxygen atoms in total. The SMILES string of the molecule is CCc1ccc(OCC(=O)NCc2cc(OC)c(OC)cc2Cl)c(Br)c1. The van der Waals surface area contributed by atoms with Gasteiger partial charge in [0.1, 0.15) is 5.75 Å². The number of nitrogens with one attached hydrogen (secondary N) is 1. The van der Waals surface area contributed by atoms with E-state index in [9.17, 15) is 4.79 Å². The minimum absolute atomic E-state index is 0.0883. The largest absolute Gasteiger partial charge is 0.493 e. The maximum absolute atomic E-state index is 12.1. The highest BCUT2D eigenvalue weighted by atomic mass is 79.9. The van der Waals surface area contributed by atoms with Crippen molar-refractivity contribution in [3.05, 3.63) is 51.0 Å². The lowest BCUT2D eigenvalue weighted by molar-refractivity contribution is -0.123. The summed E-state index contributed by atoms with van der Waals surface area (Å²) in [5.41, 5.74) is 1.92. The average molecular weight is 443 g/mol. The molecule has 26 heavy (non-hydrogen) atoms. The number of amides is 1. The average Bonchev–Trinajstić information content (AvgIpc) is 2.65. The van der Waals surface area contributed by atoms with Crippen LogP contribution in [0.5, 0.6) is 17.2 Å². The third kappa shape index (κ3) is 5.29. The maximum Gasteiger partial charge on any atom is 0.258 e. The zero-order valence-electron chi connectivity index (χ0n) is 14.9. The van der Waals surface area contributed by atoms with E-state index >= 15 is 0 Å². The van der Waals surface area contributed by atoms with E-state index in [0.717, 1.165) is 16.5 Å². The van der Waals surface area contributed by atoms with Gasteiger partial charge in [-0.3, -0.25) is 4.79 Å². The van der Waals surface area contributed by atoms with Crippen molar-refractivity contribution in [2.45, 2.75) is 19.9 Å². The van der Waals surface area contributed by atoms with Crippen molar-refractivity contribution >= 4 is 33.4 Å².